The summed E-state index contributed by atoms with van der Waals surface area (Å²) < 4.78 is 0. The lowest BCUT2D eigenvalue weighted by atomic mass is 10.2. The summed E-state index contributed by atoms with van der Waals surface area (Å²) in [4.78, 5) is 11.1. The van der Waals surface area contributed by atoms with E-state index in [0.717, 1.165) is 35.3 Å². The van der Waals surface area contributed by atoms with Crippen LogP contribution >= 0.6 is 22.9 Å². The van der Waals surface area contributed by atoms with E-state index in [9.17, 15) is 0 Å². The highest BCUT2D eigenvalue weighted by atomic mass is 35.5. The predicted octanol–water partition coefficient (Wildman–Crippen LogP) is 4.07. The minimum atomic E-state index is 0.381. The number of nitrogens with one attached hydrogen (secondary N) is 1. The van der Waals surface area contributed by atoms with Gasteiger partial charge in [0.1, 0.15) is 17.0 Å². The molecule has 0 saturated heterocycles. The Labute approximate surface area is 117 Å². The number of rotatable bonds is 6. The largest absolute Gasteiger partial charge is 0.367 e. The van der Waals surface area contributed by atoms with Crippen molar-refractivity contribution in [1.29, 1.82) is 0 Å². The lowest BCUT2D eigenvalue weighted by molar-refractivity contribution is 0.691. The Hall–Kier alpha value is -0.870. The second-order valence-corrected chi connectivity index (χ2v) is 5.88. The number of hydrogen-bond donors (Lipinski definition) is 1. The fourth-order valence-corrected chi connectivity index (χ4v) is 2.97. The molecule has 0 radical (unpaired) electrons. The van der Waals surface area contributed by atoms with Crippen molar-refractivity contribution in [3.8, 4) is 0 Å². The molecule has 2 aromatic rings. The third-order valence-corrected chi connectivity index (χ3v) is 4.34. The van der Waals surface area contributed by atoms with E-state index in [-0.39, 0.29) is 0 Å². The van der Waals surface area contributed by atoms with Gasteiger partial charge in [0, 0.05) is 16.8 Å². The van der Waals surface area contributed by atoms with E-state index < -0.39 is 0 Å². The van der Waals surface area contributed by atoms with Crippen molar-refractivity contribution in [3.63, 3.8) is 0 Å². The Balaban J connectivity index is 2.19. The summed E-state index contributed by atoms with van der Waals surface area (Å²) >= 11 is 7.46. The molecule has 18 heavy (non-hydrogen) atoms. The van der Waals surface area contributed by atoms with Crippen LogP contribution in [0.5, 0.6) is 0 Å². The highest BCUT2D eigenvalue weighted by Crippen LogP contribution is 2.28. The molecule has 1 atom stereocenters. The molecule has 0 aliphatic heterocycles. The fraction of sp³-hybridized carbons (Fsp3) is 0.538. The van der Waals surface area contributed by atoms with Gasteiger partial charge in [0.05, 0.1) is 5.39 Å². The van der Waals surface area contributed by atoms with Gasteiger partial charge in [0.15, 0.2) is 0 Å². The third kappa shape index (κ3) is 3.12. The van der Waals surface area contributed by atoms with Crippen LogP contribution in [0.2, 0.25) is 0 Å². The molecule has 3 nitrogen and oxygen atoms in total. The standard InChI is InChI=1S/C13H18ClN3S/c1-3-10-7-11-12(15-8-16-13(11)18-10)17-9(2)5-4-6-14/h7-9H,3-6H2,1-2H3,(H,15,16,17). The molecule has 0 bridgehead atoms. The normalized spacial score (nSPS) is 12.8. The van der Waals surface area contributed by atoms with E-state index >= 15 is 0 Å². The Morgan fingerprint density at radius 3 is 3.00 bits per heavy atom. The number of nitrogens with zero attached hydrogens (tertiary/aromatic N) is 2. The molecular weight excluding hydrogens is 266 g/mol. The average molecular weight is 284 g/mol. The number of halogens is 1. The monoisotopic (exact) mass is 283 g/mol. The minimum absolute atomic E-state index is 0.381. The van der Waals surface area contributed by atoms with Gasteiger partial charge >= 0.3 is 0 Å². The van der Waals surface area contributed by atoms with Gasteiger partial charge < -0.3 is 5.32 Å². The second-order valence-electron chi connectivity index (χ2n) is 4.38. The molecule has 0 aromatic carbocycles. The lowest BCUT2D eigenvalue weighted by Crippen LogP contribution is -2.16. The van der Waals surface area contributed by atoms with Crippen molar-refractivity contribution in [2.75, 3.05) is 11.2 Å². The van der Waals surface area contributed by atoms with Gasteiger partial charge in [-0.1, -0.05) is 6.92 Å². The number of thiophene rings is 1. The zero-order valence-electron chi connectivity index (χ0n) is 10.7. The Morgan fingerprint density at radius 2 is 2.28 bits per heavy atom. The van der Waals surface area contributed by atoms with Crippen LogP contribution in [0.4, 0.5) is 5.82 Å². The van der Waals surface area contributed by atoms with Crippen LogP contribution in [0, 0.1) is 0 Å². The molecular formula is C13H18ClN3S. The smallest absolute Gasteiger partial charge is 0.138 e. The zero-order valence-corrected chi connectivity index (χ0v) is 12.3. The zero-order chi connectivity index (χ0) is 13.0. The van der Waals surface area contributed by atoms with Gasteiger partial charge in [0.2, 0.25) is 0 Å². The topological polar surface area (TPSA) is 37.8 Å². The first-order chi connectivity index (χ1) is 8.74. The van der Waals surface area contributed by atoms with Crippen molar-refractivity contribution in [2.24, 2.45) is 0 Å². The predicted molar refractivity (Wildman–Crippen MR) is 79.8 cm³/mol. The maximum atomic E-state index is 5.71. The average Bonchev–Trinajstić information content (AvgIpc) is 2.80. The molecule has 98 valence electrons. The third-order valence-electron chi connectivity index (χ3n) is 2.88. The van der Waals surface area contributed by atoms with Gasteiger partial charge in [-0.15, -0.1) is 22.9 Å². The first kappa shape index (κ1) is 13.6. The molecule has 5 heteroatoms. The van der Waals surface area contributed by atoms with Gasteiger partial charge in [-0.25, -0.2) is 9.97 Å². The molecule has 0 amide bonds. The summed E-state index contributed by atoms with van der Waals surface area (Å²) in [6, 6.07) is 2.57. The maximum absolute atomic E-state index is 5.71. The van der Waals surface area contributed by atoms with Crippen LogP contribution in [0.1, 0.15) is 31.6 Å². The number of aryl methyl sites for hydroxylation is 1. The first-order valence-electron chi connectivity index (χ1n) is 6.30. The molecule has 2 aromatic heterocycles. The fourth-order valence-electron chi connectivity index (χ4n) is 1.88. The summed E-state index contributed by atoms with van der Waals surface area (Å²) in [5, 5.41) is 4.59. The number of anilines is 1. The first-order valence-corrected chi connectivity index (χ1v) is 7.65. The van der Waals surface area contributed by atoms with Crippen LogP contribution in [-0.4, -0.2) is 21.9 Å². The van der Waals surface area contributed by atoms with Crippen LogP contribution in [0.25, 0.3) is 10.2 Å². The van der Waals surface area contributed by atoms with Gasteiger partial charge in [-0.2, -0.15) is 0 Å². The summed E-state index contributed by atoms with van der Waals surface area (Å²) in [5.41, 5.74) is 0. The molecule has 0 aliphatic rings. The minimum Gasteiger partial charge on any atom is -0.367 e. The molecule has 0 aliphatic carbocycles. The highest BCUT2D eigenvalue weighted by Gasteiger charge is 2.10. The molecule has 0 fully saturated rings. The van der Waals surface area contributed by atoms with E-state index in [2.05, 4.69) is 35.2 Å². The summed E-state index contributed by atoms with van der Waals surface area (Å²) in [6.07, 6.45) is 4.75. The number of hydrogen-bond acceptors (Lipinski definition) is 4. The van der Waals surface area contributed by atoms with Gasteiger partial charge in [-0.3, -0.25) is 0 Å². The van der Waals surface area contributed by atoms with Crippen LogP contribution in [0.15, 0.2) is 12.4 Å². The second kappa shape index (κ2) is 6.34. The van der Waals surface area contributed by atoms with Crippen LogP contribution in [0.3, 0.4) is 0 Å². The van der Waals surface area contributed by atoms with Gasteiger partial charge in [0.25, 0.3) is 0 Å². The SMILES string of the molecule is CCc1cc2c(NC(C)CCCCl)ncnc2s1. The lowest BCUT2D eigenvalue weighted by Gasteiger charge is -2.13. The van der Waals surface area contributed by atoms with E-state index in [4.69, 9.17) is 11.6 Å². The van der Waals surface area contributed by atoms with E-state index in [1.165, 1.54) is 4.88 Å². The Bertz CT molecular complexity index is 512. The van der Waals surface area contributed by atoms with Crippen molar-refractivity contribution < 1.29 is 0 Å². The van der Waals surface area contributed by atoms with Gasteiger partial charge in [-0.05, 0) is 32.3 Å². The highest BCUT2D eigenvalue weighted by molar-refractivity contribution is 7.18. The molecule has 2 rings (SSSR count). The summed E-state index contributed by atoms with van der Waals surface area (Å²) in [6.45, 7) is 4.32. The summed E-state index contributed by atoms with van der Waals surface area (Å²) in [5.74, 6) is 1.65. The number of aromatic nitrogens is 2. The number of alkyl halides is 1. The van der Waals surface area contributed by atoms with Crippen molar-refractivity contribution in [1.82, 2.24) is 9.97 Å². The van der Waals surface area contributed by atoms with Crippen molar-refractivity contribution in [3.05, 3.63) is 17.3 Å². The quantitative estimate of drug-likeness (QED) is 0.812. The Morgan fingerprint density at radius 1 is 1.44 bits per heavy atom. The molecule has 2 heterocycles. The Kier molecular flexibility index (Phi) is 4.78. The molecule has 0 spiro atoms. The maximum Gasteiger partial charge on any atom is 0.138 e. The molecule has 1 N–H and O–H groups in total. The molecule has 1 unspecified atom stereocenters. The number of fused-ring (bicyclic) bond motifs is 1. The van der Waals surface area contributed by atoms with E-state index in [0.29, 0.717) is 11.9 Å². The van der Waals surface area contributed by atoms with Crippen LogP contribution in [-0.2, 0) is 6.42 Å². The van der Waals surface area contributed by atoms with Crippen molar-refractivity contribution >= 4 is 39.0 Å². The summed E-state index contributed by atoms with van der Waals surface area (Å²) in [7, 11) is 0. The van der Waals surface area contributed by atoms with Crippen LogP contribution < -0.4 is 5.32 Å². The van der Waals surface area contributed by atoms with Crippen molar-refractivity contribution in [2.45, 2.75) is 39.2 Å². The van der Waals surface area contributed by atoms with E-state index in [1.54, 1.807) is 17.7 Å². The molecule has 0 saturated carbocycles. The van der Waals surface area contributed by atoms with E-state index in [1.807, 2.05) is 0 Å².